The molecule has 110 valence electrons. The standard InChI is InChI=1S/C16H36N2/c1-5-9-10-11-12-13-14-18(8-4)16(6-2,7-3)15-17/h5-15,17H2,1-4H3. The lowest BCUT2D eigenvalue weighted by Crippen LogP contribution is -2.53. The van der Waals surface area contributed by atoms with Crippen LogP contribution in [0.15, 0.2) is 0 Å². The van der Waals surface area contributed by atoms with E-state index in [1.165, 1.54) is 57.9 Å². The average molecular weight is 256 g/mol. The highest BCUT2D eigenvalue weighted by Crippen LogP contribution is 2.23. The van der Waals surface area contributed by atoms with Gasteiger partial charge in [-0.1, -0.05) is 59.8 Å². The highest BCUT2D eigenvalue weighted by atomic mass is 15.2. The van der Waals surface area contributed by atoms with E-state index in [0.29, 0.717) is 0 Å². The summed E-state index contributed by atoms with van der Waals surface area (Å²) in [7, 11) is 0. The van der Waals surface area contributed by atoms with E-state index in [2.05, 4.69) is 32.6 Å². The lowest BCUT2D eigenvalue weighted by atomic mass is 9.90. The van der Waals surface area contributed by atoms with Crippen LogP contribution in [-0.2, 0) is 0 Å². The molecular formula is C16H36N2. The van der Waals surface area contributed by atoms with Crippen molar-refractivity contribution in [3.05, 3.63) is 0 Å². The first-order valence-electron chi connectivity index (χ1n) is 8.15. The first kappa shape index (κ1) is 17.9. The molecule has 0 unspecified atom stereocenters. The number of unbranched alkanes of at least 4 members (excludes halogenated alkanes) is 5. The summed E-state index contributed by atoms with van der Waals surface area (Å²) in [5.74, 6) is 0. The van der Waals surface area contributed by atoms with E-state index in [0.717, 1.165) is 13.1 Å². The SMILES string of the molecule is CCCCCCCCN(CC)C(CC)(CC)CN. The second kappa shape index (κ2) is 10.8. The molecule has 0 spiro atoms. The molecule has 0 heterocycles. The summed E-state index contributed by atoms with van der Waals surface area (Å²) >= 11 is 0. The number of hydrogen-bond acceptors (Lipinski definition) is 2. The summed E-state index contributed by atoms with van der Waals surface area (Å²) < 4.78 is 0. The molecular weight excluding hydrogens is 220 g/mol. The van der Waals surface area contributed by atoms with E-state index >= 15 is 0 Å². The summed E-state index contributed by atoms with van der Waals surface area (Å²) in [5.41, 5.74) is 6.28. The number of nitrogens with zero attached hydrogens (tertiary/aromatic N) is 1. The van der Waals surface area contributed by atoms with Crippen molar-refractivity contribution < 1.29 is 0 Å². The van der Waals surface area contributed by atoms with E-state index in [4.69, 9.17) is 5.73 Å². The predicted octanol–water partition coefficient (Wildman–Crippen LogP) is 4.19. The summed E-state index contributed by atoms with van der Waals surface area (Å²) in [6.45, 7) is 12.3. The Morgan fingerprint density at radius 1 is 0.833 bits per heavy atom. The van der Waals surface area contributed by atoms with Crippen LogP contribution in [-0.4, -0.2) is 30.1 Å². The Morgan fingerprint density at radius 2 is 1.39 bits per heavy atom. The third-order valence-corrected chi connectivity index (χ3v) is 4.53. The Labute approximate surface area is 115 Å². The molecule has 0 amide bonds. The van der Waals surface area contributed by atoms with Crippen LogP contribution in [0.4, 0.5) is 0 Å². The van der Waals surface area contributed by atoms with Crippen LogP contribution < -0.4 is 5.73 Å². The van der Waals surface area contributed by atoms with Gasteiger partial charge in [-0.05, 0) is 32.4 Å². The Bertz CT molecular complexity index is 168. The molecule has 0 rings (SSSR count). The highest BCUT2D eigenvalue weighted by molar-refractivity contribution is 4.88. The monoisotopic (exact) mass is 256 g/mol. The first-order valence-corrected chi connectivity index (χ1v) is 8.15. The minimum atomic E-state index is 0.248. The normalized spacial score (nSPS) is 12.3. The maximum atomic E-state index is 6.03. The molecule has 0 saturated heterocycles. The zero-order chi connectivity index (χ0) is 13.9. The molecule has 0 radical (unpaired) electrons. The minimum absolute atomic E-state index is 0.248. The Kier molecular flexibility index (Phi) is 10.8. The van der Waals surface area contributed by atoms with Gasteiger partial charge in [-0.3, -0.25) is 4.90 Å². The van der Waals surface area contributed by atoms with Gasteiger partial charge in [-0.2, -0.15) is 0 Å². The van der Waals surface area contributed by atoms with Gasteiger partial charge in [-0.25, -0.2) is 0 Å². The van der Waals surface area contributed by atoms with Gasteiger partial charge in [0.25, 0.3) is 0 Å². The molecule has 0 aromatic heterocycles. The third kappa shape index (κ3) is 5.71. The van der Waals surface area contributed by atoms with Gasteiger partial charge < -0.3 is 5.73 Å². The molecule has 2 heteroatoms. The van der Waals surface area contributed by atoms with Crippen molar-refractivity contribution in [1.29, 1.82) is 0 Å². The van der Waals surface area contributed by atoms with E-state index in [1.54, 1.807) is 0 Å². The predicted molar refractivity (Wildman–Crippen MR) is 83.0 cm³/mol. The second-order valence-corrected chi connectivity index (χ2v) is 5.48. The number of rotatable bonds is 12. The quantitative estimate of drug-likeness (QED) is 0.531. The lowest BCUT2D eigenvalue weighted by molar-refractivity contribution is 0.0886. The molecule has 2 N–H and O–H groups in total. The fraction of sp³-hybridized carbons (Fsp3) is 1.00. The molecule has 2 nitrogen and oxygen atoms in total. The van der Waals surface area contributed by atoms with Crippen molar-refractivity contribution >= 4 is 0 Å². The molecule has 0 saturated carbocycles. The van der Waals surface area contributed by atoms with Crippen LogP contribution in [0.5, 0.6) is 0 Å². The Morgan fingerprint density at radius 3 is 1.83 bits per heavy atom. The minimum Gasteiger partial charge on any atom is -0.329 e. The molecule has 0 fully saturated rings. The summed E-state index contributed by atoms with van der Waals surface area (Å²) in [6, 6.07) is 0. The highest BCUT2D eigenvalue weighted by Gasteiger charge is 2.30. The zero-order valence-corrected chi connectivity index (χ0v) is 13.3. The van der Waals surface area contributed by atoms with Gasteiger partial charge in [0, 0.05) is 12.1 Å². The largest absolute Gasteiger partial charge is 0.329 e. The van der Waals surface area contributed by atoms with Crippen molar-refractivity contribution in [1.82, 2.24) is 4.90 Å². The van der Waals surface area contributed by atoms with Crippen molar-refractivity contribution in [2.45, 2.75) is 84.6 Å². The molecule has 0 aliphatic carbocycles. The van der Waals surface area contributed by atoms with Gasteiger partial charge in [0.15, 0.2) is 0 Å². The summed E-state index contributed by atoms with van der Waals surface area (Å²) in [5, 5.41) is 0. The third-order valence-electron chi connectivity index (χ3n) is 4.53. The number of hydrogen-bond donors (Lipinski definition) is 1. The van der Waals surface area contributed by atoms with Gasteiger partial charge in [-0.15, -0.1) is 0 Å². The van der Waals surface area contributed by atoms with E-state index in [9.17, 15) is 0 Å². The summed E-state index contributed by atoms with van der Waals surface area (Å²) in [6.07, 6.45) is 10.6. The van der Waals surface area contributed by atoms with Gasteiger partial charge in [0.1, 0.15) is 0 Å². The molecule has 0 aromatic rings. The Balaban J connectivity index is 4.01. The van der Waals surface area contributed by atoms with Crippen molar-refractivity contribution in [3.63, 3.8) is 0 Å². The topological polar surface area (TPSA) is 29.3 Å². The molecule has 0 aliphatic heterocycles. The smallest absolute Gasteiger partial charge is 0.0326 e. The molecule has 0 aliphatic rings. The van der Waals surface area contributed by atoms with Crippen LogP contribution in [0.3, 0.4) is 0 Å². The van der Waals surface area contributed by atoms with Crippen molar-refractivity contribution in [2.75, 3.05) is 19.6 Å². The van der Waals surface area contributed by atoms with Gasteiger partial charge in [0.05, 0.1) is 0 Å². The van der Waals surface area contributed by atoms with Crippen molar-refractivity contribution in [2.24, 2.45) is 5.73 Å². The van der Waals surface area contributed by atoms with Gasteiger partial charge in [0.2, 0.25) is 0 Å². The first-order chi connectivity index (χ1) is 8.70. The van der Waals surface area contributed by atoms with Crippen LogP contribution in [0, 0.1) is 0 Å². The molecule has 0 bridgehead atoms. The average Bonchev–Trinajstić information content (AvgIpc) is 2.42. The fourth-order valence-corrected chi connectivity index (χ4v) is 2.93. The van der Waals surface area contributed by atoms with Crippen LogP contribution in [0.25, 0.3) is 0 Å². The molecule has 0 aromatic carbocycles. The fourth-order valence-electron chi connectivity index (χ4n) is 2.93. The van der Waals surface area contributed by atoms with E-state index in [1.807, 2.05) is 0 Å². The number of likely N-dealkylation sites (N-methyl/N-ethyl adjacent to an activating group) is 1. The van der Waals surface area contributed by atoms with Gasteiger partial charge >= 0.3 is 0 Å². The maximum Gasteiger partial charge on any atom is 0.0326 e. The van der Waals surface area contributed by atoms with Crippen LogP contribution >= 0.6 is 0 Å². The van der Waals surface area contributed by atoms with E-state index < -0.39 is 0 Å². The lowest BCUT2D eigenvalue weighted by Gasteiger charge is -2.42. The van der Waals surface area contributed by atoms with Crippen molar-refractivity contribution in [3.8, 4) is 0 Å². The molecule has 0 atom stereocenters. The maximum absolute atomic E-state index is 6.03. The van der Waals surface area contributed by atoms with Crippen LogP contribution in [0.1, 0.15) is 79.1 Å². The zero-order valence-electron chi connectivity index (χ0n) is 13.3. The summed E-state index contributed by atoms with van der Waals surface area (Å²) in [4.78, 5) is 2.62. The Hall–Kier alpha value is -0.0800. The van der Waals surface area contributed by atoms with Crippen LogP contribution in [0.2, 0.25) is 0 Å². The second-order valence-electron chi connectivity index (χ2n) is 5.48. The molecule has 18 heavy (non-hydrogen) atoms. The number of nitrogens with two attached hydrogens (primary N) is 1. The van der Waals surface area contributed by atoms with E-state index in [-0.39, 0.29) is 5.54 Å².